The Labute approximate surface area is 109 Å². The van der Waals surface area contributed by atoms with Gasteiger partial charge in [-0.1, -0.05) is 12.1 Å². The number of aryl methyl sites for hydroxylation is 1. The molecule has 2 aromatic carbocycles. The number of halogens is 3. The Balaban J connectivity index is 2.07. The number of hydrogen-bond donors (Lipinski definition) is 1. The van der Waals surface area contributed by atoms with Crippen molar-refractivity contribution in [1.82, 2.24) is 0 Å². The molecular weight excluding hydrogens is 251 g/mol. The summed E-state index contributed by atoms with van der Waals surface area (Å²) < 4.78 is 39.4. The van der Waals surface area contributed by atoms with E-state index in [1.165, 1.54) is 5.56 Å². The van der Waals surface area contributed by atoms with E-state index >= 15 is 0 Å². The van der Waals surface area contributed by atoms with Crippen LogP contribution >= 0.6 is 0 Å². The van der Waals surface area contributed by atoms with Crippen LogP contribution in [0.15, 0.2) is 30.3 Å². The van der Waals surface area contributed by atoms with Gasteiger partial charge in [0, 0.05) is 12.2 Å². The van der Waals surface area contributed by atoms with Crippen molar-refractivity contribution in [2.45, 2.75) is 12.8 Å². The lowest BCUT2D eigenvalue weighted by Gasteiger charge is -2.18. The number of hydrogen-bond acceptors (Lipinski definition) is 1. The highest BCUT2D eigenvalue weighted by molar-refractivity contribution is 5.70. The zero-order valence-electron chi connectivity index (χ0n) is 10.1. The molecule has 2 aromatic rings. The Morgan fingerprint density at radius 1 is 0.895 bits per heavy atom. The number of benzene rings is 2. The first-order valence-corrected chi connectivity index (χ1v) is 6.17. The Kier molecular flexibility index (Phi) is 2.93. The molecule has 98 valence electrons. The van der Waals surface area contributed by atoms with Crippen LogP contribution in [0.3, 0.4) is 0 Å². The van der Waals surface area contributed by atoms with Crippen molar-refractivity contribution in [3.63, 3.8) is 0 Å². The monoisotopic (exact) mass is 263 g/mol. The molecule has 0 fully saturated rings. The van der Waals surface area contributed by atoms with Crippen molar-refractivity contribution in [2.24, 2.45) is 0 Å². The minimum absolute atomic E-state index is 0.339. The van der Waals surface area contributed by atoms with Gasteiger partial charge in [-0.25, -0.2) is 13.2 Å². The predicted octanol–water partition coefficient (Wildman–Crippen LogP) is 4.13. The Bertz CT molecular complexity index is 614. The Morgan fingerprint density at radius 2 is 1.63 bits per heavy atom. The van der Waals surface area contributed by atoms with E-state index in [0.717, 1.165) is 37.2 Å². The molecule has 4 heteroatoms. The third kappa shape index (κ3) is 2.18. The first-order valence-electron chi connectivity index (χ1n) is 6.17. The van der Waals surface area contributed by atoms with Crippen LogP contribution in [0, 0.1) is 17.5 Å². The second-order valence-corrected chi connectivity index (χ2v) is 4.66. The largest absolute Gasteiger partial charge is 0.385 e. The van der Waals surface area contributed by atoms with Gasteiger partial charge in [0.25, 0.3) is 0 Å². The number of anilines is 1. The quantitative estimate of drug-likeness (QED) is 0.763. The van der Waals surface area contributed by atoms with E-state index in [9.17, 15) is 13.2 Å². The fourth-order valence-corrected chi connectivity index (χ4v) is 2.36. The molecule has 0 radical (unpaired) electrons. The molecule has 0 bridgehead atoms. The lowest BCUT2D eigenvalue weighted by Crippen LogP contribution is -2.11. The lowest BCUT2D eigenvalue weighted by atomic mass is 9.98. The highest BCUT2D eigenvalue weighted by Crippen LogP contribution is 2.30. The molecule has 0 atom stereocenters. The highest BCUT2D eigenvalue weighted by Gasteiger charge is 2.14. The van der Waals surface area contributed by atoms with Gasteiger partial charge in [-0.15, -0.1) is 0 Å². The highest BCUT2D eigenvalue weighted by atomic mass is 19.2. The van der Waals surface area contributed by atoms with Gasteiger partial charge in [0.15, 0.2) is 17.5 Å². The molecule has 1 aliphatic rings. The topological polar surface area (TPSA) is 12.0 Å². The van der Waals surface area contributed by atoms with Crippen LogP contribution in [0.1, 0.15) is 12.0 Å². The maximum atomic E-state index is 13.2. The van der Waals surface area contributed by atoms with E-state index in [1.807, 2.05) is 12.1 Å². The summed E-state index contributed by atoms with van der Waals surface area (Å²) in [7, 11) is 0. The molecule has 0 saturated carbocycles. The van der Waals surface area contributed by atoms with E-state index in [-0.39, 0.29) is 0 Å². The van der Waals surface area contributed by atoms with E-state index in [2.05, 4.69) is 5.32 Å². The van der Waals surface area contributed by atoms with Crippen LogP contribution in [-0.2, 0) is 6.42 Å². The molecule has 19 heavy (non-hydrogen) atoms. The van der Waals surface area contributed by atoms with Gasteiger partial charge < -0.3 is 5.32 Å². The lowest BCUT2D eigenvalue weighted by molar-refractivity contribution is 0.448. The summed E-state index contributed by atoms with van der Waals surface area (Å²) >= 11 is 0. The van der Waals surface area contributed by atoms with Crippen molar-refractivity contribution in [1.29, 1.82) is 0 Å². The fraction of sp³-hybridized carbons (Fsp3) is 0.200. The van der Waals surface area contributed by atoms with Crippen LogP contribution in [0.25, 0.3) is 11.1 Å². The summed E-state index contributed by atoms with van der Waals surface area (Å²) in [5, 5.41) is 3.25. The molecule has 0 spiro atoms. The van der Waals surface area contributed by atoms with Gasteiger partial charge in [0.05, 0.1) is 0 Å². The molecule has 1 heterocycles. The summed E-state index contributed by atoms with van der Waals surface area (Å²) in [6.45, 7) is 0.891. The van der Waals surface area contributed by atoms with Crippen LogP contribution in [0.2, 0.25) is 0 Å². The third-order valence-corrected chi connectivity index (χ3v) is 3.37. The molecule has 0 aliphatic carbocycles. The summed E-state index contributed by atoms with van der Waals surface area (Å²) in [6.07, 6.45) is 2.07. The summed E-state index contributed by atoms with van der Waals surface area (Å²) in [5.41, 5.74) is 3.18. The van der Waals surface area contributed by atoms with Crippen molar-refractivity contribution in [3.8, 4) is 11.1 Å². The summed E-state index contributed by atoms with van der Waals surface area (Å²) in [5.74, 6) is -3.76. The zero-order chi connectivity index (χ0) is 13.4. The molecule has 3 rings (SSSR count). The SMILES string of the molecule is Fc1cc(-c2ccc3c(c2)NCCC3)cc(F)c1F. The fourth-order valence-electron chi connectivity index (χ4n) is 2.36. The minimum atomic E-state index is -1.43. The van der Waals surface area contributed by atoms with Crippen LogP contribution in [0.5, 0.6) is 0 Å². The zero-order valence-corrected chi connectivity index (χ0v) is 10.1. The smallest absolute Gasteiger partial charge is 0.194 e. The first kappa shape index (κ1) is 12.1. The van der Waals surface area contributed by atoms with Crippen molar-refractivity contribution in [3.05, 3.63) is 53.3 Å². The van der Waals surface area contributed by atoms with Gasteiger partial charge in [-0.2, -0.15) is 0 Å². The first-order chi connectivity index (χ1) is 9.15. The molecular formula is C15H12F3N. The average molecular weight is 263 g/mol. The molecule has 1 aliphatic heterocycles. The van der Waals surface area contributed by atoms with Crippen LogP contribution < -0.4 is 5.32 Å². The summed E-state index contributed by atoms with van der Waals surface area (Å²) in [6, 6.07) is 7.63. The number of fused-ring (bicyclic) bond motifs is 1. The third-order valence-electron chi connectivity index (χ3n) is 3.37. The molecule has 0 unspecified atom stereocenters. The van der Waals surface area contributed by atoms with E-state index in [1.54, 1.807) is 6.07 Å². The van der Waals surface area contributed by atoms with E-state index in [0.29, 0.717) is 11.1 Å². The van der Waals surface area contributed by atoms with Crippen LogP contribution in [0.4, 0.5) is 18.9 Å². The van der Waals surface area contributed by atoms with E-state index < -0.39 is 17.5 Å². The predicted molar refractivity (Wildman–Crippen MR) is 68.6 cm³/mol. The van der Waals surface area contributed by atoms with Gasteiger partial charge >= 0.3 is 0 Å². The van der Waals surface area contributed by atoms with Gasteiger partial charge in [-0.3, -0.25) is 0 Å². The Morgan fingerprint density at radius 3 is 2.37 bits per heavy atom. The maximum absolute atomic E-state index is 13.2. The average Bonchev–Trinajstić information content (AvgIpc) is 2.43. The molecule has 1 N–H and O–H groups in total. The molecule has 1 nitrogen and oxygen atoms in total. The number of nitrogens with one attached hydrogen (secondary N) is 1. The second kappa shape index (κ2) is 4.61. The molecule has 0 saturated heterocycles. The van der Waals surface area contributed by atoms with Gasteiger partial charge in [0.2, 0.25) is 0 Å². The molecule has 0 aromatic heterocycles. The molecule has 0 amide bonds. The van der Waals surface area contributed by atoms with Gasteiger partial charge in [-0.05, 0) is 47.7 Å². The standard InChI is InChI=1S/C15H12F3N/c16-12-6-11(7-13(17)15(12)18)10-4-3-9-2-1-5-19-14(9)8-10/h3-4,6-8,19H,1-2,5H2. The Hall–Kier alpha value is -1.97. The van der Waals surface area contributed by atoms with Gasteiger partial charge in [0.1, 0.15) is 0 Å². The minimum Gasteiger partial charge on any atom is -0.385 e. The van der Waals surface area contributed by atoms with Crippen molar-refractivity contribution in [2.75, 3.05) is 11.9 Å². The van der Waals surface area contributed by atoms with Crippen molar-refractivity contribution >= 4 is 5.69 Å². The van der Waals surface area contributed by atoms with E-state index in [4.69, 9.17) is 0 Å². The maximum Gasteiger partial charge on any atom is 0.194 e. The second-order valence-electron chi connectivity index (χ2n) is 4.66. The normalized spacial score (nSPS) is 13.8. The number of rotatable bonds is 1. The van der Waals surface area contributed by atoms with Crippen molar-refractivity contribution < 1.29 is 13.2 Å². The van der Waals surface area contributed by atoms with Crippen LogP contribution in [-0.4, -0.2) is 6.54 Å². The summed E-state index contributed by atoms with van der Waals surface area (Å²) in [4.78, 5) is 0.